The average Bonchev–Trinajstić information content (AvgIpc) is 3.10. The van der Waals surface area contributed by atoms with E-state index in [-0.39, 0.29) is 17.7 Å². The molecule has 0 aliphatic carbocycles. The van der Waals surface area contributed by atoms with Gasteiger partial charge in [0.05, 0.1) is 0 Å². The minimum Gasteiger partial charge on any atom is -0.367 e. The Morgan fingerprint density at radius 3 is 2.45 bits per heavy atom. The van der Waals surface area contributed by atoms with Crippen LogP contribution in [0, 0.1) is 0 Å². The average molecular weight is 297 g/mol. The van der Waals surface area contributed by atoms with Crippen LogP contribution in [-0.4, -0.2) is 35.8 Å². The van der Waals surface area contributed by atoms with Crippen LogP contribution in [0.1, 0.15) is 39.1 Å². The van der Waals surface area contributed by atoms with Crippen molar-refractivity contribution in [2.45, 2.75) is 18.9 Å². The predicted molar refractivity (Wildman–Crippen MR) is 84.0 cm³/mol. The van der Waals surface area contributed by atoms with Gasteiger partial charge in [0.2, 0.25) is 0 Å². The lowest BCUT2D eigenvalue weighted by atomic mass is 10.0. The molecule has 1 unspecified atom stereocenters. The van der Waals surface area contributed by atoms with Crippen molar-refractivity contribution in [1.82, 2.24) is 15.6 Å². The van der Waals surface area contributed by atoms with Crippen LogP contribution in [0.2, 0.25) is 0 Å². The molecule has 1 aliphatic rings. The minimum atomic E-state index is -0.0886. The summed E-state index contributed by atoms with van der Waals surface area (Å²) >= 11 is 0. The van der Waals surface area contributed by atoms with Gasteiger partial charge in [-0.3, -0.25) is 9.59 Å². The van der Waals surface area contributed by atoms with E-state index < -0.39 is 0 Å². The molecule has 1 saturated heterocycles. The maximum Gasteiger partial charge on any atom is 0.251 e. The van der Waals surface area contributed by atoms with Gasteiger partial charge in [-0.15, -0.1) is 0 Å². The molecule has 0 saturated carbocycles. The van der Waals surface area contributed by atoms with Crippen molar-refractivity contribution in [2.24, 2.45) is 0 Å². The molecule has 5 nitrogen and oxygen atoms in total. The lowest BCUT2D eigenvalue weighted by Gasteiger charge is -2.23. The Bertz CT molecular complexity index is 641. The Hall–Kier alpha value is -2.40. The highest BCUT2D eigenvalue weighted by atomic mass is 16.1. The maximum absolute atomic E-state index is 12.2. The number of carbonyl (C=O) groups excluding carboxylic acids is 2. The molecular weight excluding hydrogens is 278 g/mol. The number of rotatable bonds is 4. The molecule has 1 aliphatic heterocycles. The second kappa shape index (κ2) is 6.58. The lowest BCUT2D eigenvalue weighted by Crippen LogP contribution is -2.45. The summed E-state index contributed by atoms with van der Waals surface area (Å²) in [6.07, 6.45) is 5.46. The van der Waals surface area contributed by atoms with Gasteiger partial charge >= 0.3 is 0 Å². The molecule has 1 atom stereocenters. The maximum atomic E-state index is 12.2. The standard InChI is InChI=1S/C17H19N3O2/c21-16(14-7-9-19-10-14)12-3-5-13(6-4-12)17(22)20-15-2-1-8-18-11-15/h3-7,9-10,15,18-19H,1-2,8,11H2,(H,20,22). The molecule has 3 N–H and O–H groups in total. The molecule has 114 valence electrons. The van der Waals surface area contributed by atoms with Crippen LogP contribution in [0.4, 0.5) is 0 Å². The molecule has 1 amide bonds. The van der Waals surface area contributed by atoms with Crippen molar-refractivity contribution in [3.8, 4) is 0 Å². The number of nitrogens with one attached hydrogen (secondary N) is 3. The van der Waals surface area contributed by atoms with Gasteiger partial charge in [0.15, 0.2) is 5.78 Å². The van der Waals surface area contributed by atoms with Crippen LogP contribution >= 0.6 is 0 Å². The number of amides is 1. The topological polar surface area (TPSA) is 74.0 Å². The van der Waals surface area contributed by atoms with E-state index in [2.05, 4.69) is 15.6 Å². The van der Waals surface area contributed by atoms with E-state index >= 15 is 0 Å². The fourth-order valence-corrected chi connectivity index (χ4v) is 2.65. The highest BCUT2D eigenvalue weighted by Gasteiger charge is 2.17. The Kier molecular flexibility index (Phi) is 4.34. The summed E-state index contributed by atoms with van der Waals surface area (Å²) in [5, 5.41) is 6.29. The van der Waals surface area contributed by atoms with Crippen LogP contribution in [0.5, 0.6) is 0 Å². The molecule has 2 heterocycles. The first kappa shape index (κ1) is 14.5. The number of hydrogen-bond donors (Lipinski definition) is 3. The zero-order chi connectivity index (χ0) is 15.4. The van der Waals surface area contributed by atoms with Crippen LogP contribution in [0.25, 0.3) is 0 Å². The van der Waals surface area contributed by atoms with Crippen molar-refractivity contribution in [1.29, 1.82) is 0 Å². The molecular formula is C17H19N3O2. The van der Waals surface area contributed by atoms with Crippen LogP contribution in [-0.2, 0) is 0 Å². The van der Waals surface area contributed by atoms with E-state index in [4.69, 9.17) is 0 Å². The third-order valence-electron chi connectivity index (χ3n) is 3.90. The largest absolute Gasteiger partial charge is 0.367 e. The van der Waals surface area contributed by atoms with Gasteiger partial charge in [0.1, 0.15) is 0 Å². The van der Waals surface area contributed by atoms with Gasteiger partial charge in [-0.25, -0.2) is 0 Å². The second-order valence-corrected chi connectivity index (χ2v) is 5.52. The number of H-pyrrole nitrogens is 1. The van der Waals surface area contributed by atoms with Gasteiger partial charge in [0.25, 0.3) is 5.91 Å². The Labute approximate surface area is 129 Å². The van der Waals surface area contributed by atoms with Gasteiger partial charge in [-0.1, -0.05) is 12.1 Å². The number of ketones is 1. The monoisotopic (exact) mass is 297 g/mol. The zero-order valence-corrected chi connectivity index (χ0v) is 12.3. The number of hydrogen-bond acceptors (Lipinski definition) is 3. The molecule has 0 radical (unpaired) electrons. The predicted octanol–water partition coefficient (Wildman–Crippen LogP) is 1.73. The third-order valence-corrected chi connectivity index (χ3v) is 3.90. The molecule has 1 aromatic heterocycles. The van der Waals surface area contributed by atoms with Crippen molar-refractivity contribution >= 4 is 11.7 Å². The number of aromatic nitrogens is 1. The van der Waals surface area contributed by atoms with Crippen molar-refractivity contribution in [2.75, 3.05) is 13.1 Å². The van der Waals surface area contributed by atoms with E-state index in [0.29, 0.717) is 16.7 Å². The number of aromatic amines is 1. The molecule has 1 fully saturated rings. The molecule has 5 heteroatoms. The zero-order valence-electron chi connectivity index (χ0n) is 12.3. The summed E-state index contributed by atoms with van der Waals surface area (Å²) in [6, 6.07) is 8.71. The summed E-state index contributed by atoms with van der Waals surface area (Å²) in [5.74, 6) is -0.140. The molecule has 1 aromatic carbocycles. The summed E-state index contributed by atoms with van der Waals surface area (Å²) in [7, 11) is 0. The van der Waals surface area contributed by atoms with E-state index in [0.717, 1.165) is 25.9 Å². The molecule has 2 aromatic rings. The Balaban J connectivity index is 1.65. The molecule has 0 bridgehead atoms. The molecule has 22 heavy (non-hydrogen) atoms. The fraction of sp³-hybridized carbons (Fsp3) is 0.294. The van der Waals surface area contributed by atoms with Crippen LogP contribution < -0.4 is 10.6 Å². The third kappa shape index (κ3) is 3.26. The van der Waals surface area contributed by atoms with Gasteiger partial charge in [-0.2, -0.15) is 0 Å². The van der Waals surface area contributed by atoms with Crippen molar-refractivity contribution < 1.29 is 9.59 Å². The SMILES string of the molecule is O=C(NC1CCCNC1)c1ccc(C(=O)c2cc[nH]c2)cc1. The molecule has 0 spiro atoms. The van der Waals surface area contributed by atoms with E-state index in [1.54, 1.807) is 42.7 Å². The summed E-state index contributed by atoms with van der Waals surface area (Å²) < 4.78 is 0. The van der Waals surface area contributed by atoms with E-state index in [1.165, 1.54) is 0 Å². The Morgan fingerprint density at radius 1 is 1.05 bits per heavy atom. The quantitative estimate of drug-likeness (QED) is 0.752. The van der Waals surface area contributed by atoms with Crippen LogP contribution in [0.15, 0.2) is 42.7 Å². The van der Waals surface area contributed by atoms with Gasteiger partial charge in [-0.05, 0) is 37.6 Å². The van der Waals surface area contributed by atoms with Gasteiger partial charge in [0, 0.05) is 41.7 Å². The smallest absolute Gasteiger partial charge is 0.251 e. The first-order valence-corrected chi connectivity index (χ1v) is 7.53. The lowest BCUT2D eigenvalue weighted by molar-refractivity contribution is 0.0929. The first-order chi connectivity index (χ1) is 10.7. The first-order valence-electron chi connectivity index (χ1n) is 7.53. The normalized spacial score (nSPS) is 17.9. The second-order valence-electron chi connectivity index (χ2n) is 5.52. The minimum absolute atomic E-state index is 0.0512. The highest BCUT2D eigenvalue weighted by Crippen LogP contribution is 2.11. The summed E-state index contributed by atoms with van der Waals surface area (Å²) in [5.41, 5.74) is 1.78. The fourth-order valence-electron chi connectivity index (χ4n) is 2.65. The summed E-state index contributed by atoms with van der Waals surface area (Å²) in [6.45, 7) is 1.83. The van der Waals surface area contributed by atoms with Crippen LogP contribution in [0.3, 0.4) is 0 Å². The van der Waals surface area contributed by atoms with Crippen molar-refractivity contribution in [3.05, 3.63) is 59.4 Å². The number of carbonyl (C=O) groups is 2. The highest BCUT2D eigenvalue weighted by molar-refractivity contribution is 6.09. The number of benzene rings is 1. The van der Waals surface area contributed by atoms with E-state index in [1.807, 2.05) is 0 Å². The van der Waals surface area contributed by atoms with E-state index in [9.17, 15) is 9.59 Å². The summed E-state index contributed by atoms with van der Waals surface area (Å²) in [4.78, 5) is 27.2. The molecule has 3 rings (SSSR count). The van der Waals surface area contributed by atoms with Crippen molar-refractivity contribution in [3.63, 3.8) is 0 Å². The Morgan fingerprint density at radius 2 is 1.82 bits per heavy atom. The van der Waals surface area contributed by atoms with Gasteiger partial charge < -0.3 is 15.6 Å². The number of piperidine rings is 1.